The molecule has 0 saturated carbocycles. The molecule has 5 nitrogen and oxygen atoms in total. The van der Waals surface area contributed by atoms with E-state index >= 15 is 0 Å². The topological polar surface area (TPSA) is 75.6 Å². The lowest BCUT2D eigenvalue weighted by molar-refractivity contribution is 0.211. The molecule has 0 spiro atoms. The van der Waals surface area contributed by atoms with E-state index in [1.807, 2.05) is 30.3 Å². The quantitative estimate of drug-likeness (QED) is 0.538. The smallest absolute Gasteiger partial charge is 0.154 e. The molecule has 0 atom stereocenters. The van der Waals surface area contributed by atoms with Gasteiger partial charge < -0.3 is 5.11 Å². The summed E-state index contributed by atoms with van der Waals surface area (Å²) in [6, 6.07) is 9.17. The van der Waals surface area contributed by atoms with E-state index in [-0.39, 0.29) is 24.7 Å². The van der Waals surface area contributed by atoms with Crippen molar-refractivity contribution in [3.8, 4) is 0 Å². The minimum absolute atomic E-state index is 0.0528. The van der Waals surface area contributed by atoms with Crippen molar-refractivity contribution >= 4 is 15.5 Å². The second-order valence-electron chi connectivity index (χ2n) is 3.19. The summed E-state index contributed by atoms with van der Waals surface area (Å²) in [7, 11) is -3.20. The molecule has 0 bridgehead atoms. The van der Waals surface area contributed by atoms with Gasteiger partial charge >= 0.3 is 0 Å². The van der Waals surface area contributed by atoms with Crippen molar-refractivity contribution in [2.24, 2.45) is 0 Å². The molecule has 0 radical (unpaired) electrons. The molecule has 0 unspecified atom stereocenters. The molecule has 1 aromatic rings. The molecule has 0 aromatic heterocycles. The van der Waals surface area contributed by atoms with E-state index in [1.54, 1.807) is 0 Å². The van der Waals surface area contributed by atoms with Crippen LogP contribution in [-0.2, 0) is 14.7 Å². The van der Waals surface area contributed by atoms with Gasteiger partial charge in [0.25, 0.3) is 0 Å². The number of aliphatic hydroxyl groups excluding tert-OH is 1. The predicted octanol–water partition coefficient (Wildman–Crippen LogP) is 0.437. The second kappa shape index (κ2) is 6.47. The van der Waals surface area contributed by atoms with Gasteiger partial charge in [0.15, 0.2) is 9.84 Å². The molecule has 0 fully saturated rings. The lowest BCUT2D eigenvalue weighted by Crippen LogP contribution is -2.19. The number of sulfone groups is 1. The largest absolute Gasteiger partial charge is 0.395 e. The fraction of sp³-hybridized carbons (Fsp3) is 0.400. The van der Waals surface area contributed by atoms with Gasteiger partial charge in [-0.2, -0.15) is 0 Å². The lowest BCUT2D eigenvalue weighted by Gasteiger charge is -2.06. The third-order valence-corrected chi connectivity index (χ3v) is 3.46. The average Bonchev–Trinajstić information content (AvgIpc) is 2.26. The molecule has 0 saturated heterocycles. The van der Waals surface area contributed by atoms with E-state index in [4.69, 9.17) is 9.94 Å². The van der Waals surface area contributed by atoms with Gasteiger partial charge in [-0.3, -0.25) is 10.3 Å². The van der Waals surface area contributed by atoms with Gasteiger partial charge in [0.2, 0.25) is 0 Å². The monoisotopic (exact) mass is 245 g/mol. The van der Waals surface area contributed by atoms with Crippen LogP contribution >= 0.6 is 0 Å². The van der Waals surface area contributed by atoms with Gasteiger partial charge in [-0.15, -0.1) is 0 Å². The van der Waals surface area contributed by atoms with Crippen molar-refractivity contribution in [2.45, 2.75) is 0 Å². The Morgan fingerprint density at radius 1 is 1.19 bits per heavy atom. The Kier molecular flexibility index (Phi) is 5.24. The van der Waals surface area contributed by atoms with Crippen LogP contribution in [0, 0.1) is 0 Å². The van der Waals surface area contributed by atoms with Crippen LogP contribution < -0.4 is 5.48 Å². The number of nitrogens with one attached hydrogen (secondary N) is 1. The highest BCUT2D eigenvalue weighted by atomic mass is 32.2. The fourth-order valence-electron chi connectivity index (χ4n) is 1.05. The number of benzene rings is 1. The van der Waals surface area contributed by atoms with Gasteiger partial charge in [0, 0.05) is 0 Å². The summed E-state index contributed by atoms with van der Waals surface area (Å²) >= 11 is 0. The van der Waals surface area contributed by atoms with Crippen LogP contribution in [0.25, 0.3) is 0 Å². The highest BCUT2D eigenvalue weighted by Crippen LogP contribution is 2.04. The molecule has 2 N–H and O–H groups in total. The lowest BCUT2D eigenvalue weighted by atomic mass is 10.3. The summed E-state index contributed by atoms with van der Waals surface area (Å²) in [5.41, 5.74) is 3.40. The first-order chi connectivity index (χ1) is 7.64. The molecule has 0 aliphatic heterocycles. The number of hydrogen-bond donors (Lipinski definition) is 2. The van der Waals surface area contributed by atoms with Crippen LogP contribution in [0.2, 0.25) is 0 Å². The Morgan fingerprint density at radius 3 is 2.50 bits per heavy atom. The minimum atomic E-state index is -3.20. The average molecular weight is 245 g/mol. The first-order valence-electron chi connectivity index (χ1n) is 4.88. The molecule has 1 aromatic carbocycles. The third kappa shape index (κ3) is 5.11. The summed E-state index contributed by atoms with van der Waals surface area (Å²) in [4.78, 5) is 4.99. The maximum atomic E-state index is 11.2. The summed E-state index contributed by atoms with van der Waals surface area (Å²) in [6.45, 7) is -0.300. The molecule has 1 rings (SSSR count). The van der Waals surface area contributed by atoms with E-state index in [0.717, 1.165) is 5.69 Å². The predicted molar refractivity (Wildman–Crippen MR) is 61.8 cm³/mol. The number of hydrogen-bond acceptors (Lipinski definition) is 5. The maximum absolute atomic E-state index is 11.2. The standard InChI is InChI=1S/C10H15NO4S/c12-6-8-16(13,14)9-7-15-11-10-4-2-1-3-5-10/h1-5,11-12H,6-9H2. The highest BCUT2D eigenvalue weighted by Gasteiger charge is 2.09. The SMILES string of the molecule is O=S(=O)(CCO)CCONc1ccccc1. The molecule has 6 heteroatoms. The molecule has 0 aliphatic rings. The maximum Gasteiger partial charge on any atom is 0.154 e. The van der Waals surface area contributed by atoms with Crippen molar-refractivity contribution in [3.63, 3.8) is 0 Å². The van der Waals surface area contributed by atoms with E-state index < -0.39 is 9.84 Å². The number of rotatable bonds is 7. The number of para-hydroxylation sites is 1. The Balaban J connectivity index is 2.22. The van der Waals surface area contributed by atoms with E-state index in [2.05, 4.69) is 5.48 Å². The van der Waals surface area contributed by atoms with Gasteiger partial charge in [-0.25, -0.2) is 8.42 Å². The molecule has 90 valence electrons. The summed E-state index contributed by atoms with van der Waals surface area (Å²) in [6.07, 6.45) is 0. The molecular weight excluding hydrogens is 230 g/mol. The summed E-state index contributed by atoms with van der Waals surface area (Å²) < 4.78 is 22.3. The fourth-order valence-corrected chi connectivity index (χ4v) is 1.87. The first-order valence-corrected chi connectivity index (χ1v) is 6.70. The van der Waals surface area contributed by atoms with Crippen LogP contribution in [0.15, 0.2) is 30.3 Å². The summed E-state index contributed by atoms with van der Waals surface area (Å²) in [5, 5.41) is 8.50. The zero-order chi connectivity index (χ0) is 11.9. The van der Waals surface area contributed by atoms with Crippen LogP contribution in [0.5, 0.6) is 0 Å². The Hall–Kier alpha value is -1.11. The van der Waals surface area contributed by atoms with Crippen molar-refractivity contribution in [1.29, 1.82) is 0 Å². The van der Waals surface area contributed by atoms with Crippen molar-refractivity contribution in [2.75, 3.05) is 30.2 Å². The van der Waals surface area contributed by atoms with E-state index in [0.29, 0.717) is 0 Å². The number of aliphatic hydroxyl groups is 1. The van der Waals surface area contributed by atoms with Crippen LogP contribution in [0.4, 0.5) is 5.69 Å². The van der Waals surface area contributed by atoms with Gasteiger partial charge in [-0.1, -0.05) is 18.2 Å². The molecule has 0 amide bonds. The van der Waals surface area contributed by atoms with E-state index in [9.17, 15) is 8.42 Å². The van der Waals surface area contributed by atoms with Gasteiger partial charge in [-0.05, 0) is 12.1 Å². The minimum Gasteiger partial charge on any atom is -0.395 e. The Labute approximate surface area is 94.9 Å². The van der Waals surface area contributed by atoms with E-state index in [1.165, 1.54) is 0 Å². The van der Waals surface area contributed by atoms with Crippen molar-refractivity contribution in [1.82, 2.24) is 0 Å². The Morgan fingerprint density at radius 2 is 1.88 bits per heavy atom. The van der Waals surface area contributed by atoms with Crippen LogP contribution in [-0.4, -0.2) is 38.2 Å². The van der Waals surface area contributed by atoms with Crippen molar-refractivity contribution in [3.05, 3.63) is 30.3 Å². The molecular formula is C10H15NO4S. The molecule has 0 aliphatic carbocycles. The van der Waals surface area contributed by atoms with Crippen LogP contribution in [0.3, 0.4) is 0 Å². The zero-order valence-corrected chi connectivity index (χ0v) is 9.61. The van der Waals surface area contributed by atoms with Gasteiger partial charge in [0.05, 0.1) is 30.4 Å². The number of anilines is 1. The molecule has 16 heavy (non-hydrogen) atoms. The summed E-state index contributed by atoms with van der Waals surface area (Å²) in [5.74, 6) is -0.324. The zero-order valence-electron chi connectivity index (χ0n) is 8.80. The highest BCUT2D eigenvalue weighted by molar-refractivity contribution is 7.91. The first kappa shape index (κ1) is 13.0. The van der Waals surface area contributed by atoms with Gasteiger partial charge in [0.1, 0.15) is 0 Å². The third-order valence-electron chi connectivity index (χ3n) is 1.86. The van der Waals surface area contributed by atoms with Crippen molar-refractivity contribution < 1.29 is 18.4 Å². The van der Waals surface area contributed by atoms with Crippen LogP contribution in [0.1, 0.15) is 0 Å². The Bertz CT molecular complexity index is 391. The normalized spacial score (nSPS) is 11.3. The second-order valence-corrected chi connectivity index (χ2v) is 5.50. The molecule has 0 heterocycles.